The van der Waals surface area contributed by atoms with Crippen LogP contribution < -0.4 is 10.4 Å². The molecule has 1 N–H and O–H groups in total. The number of benzene rings is 2. The minimum absolute atomic E-state index is 0.297. The highest BCUT2D eigenvalue weighted by molar-refractivity contribution is 6.76. The Balaban J connectivity index is 1.48. The topological polar surface area (TPSA) is 109 Å². The number of halogens is 2. The number of nitrogens with one attached hydrogen (secondary N) is 1. The third-order valence-corrected chi connectivity index (χ3v) is 8.82. The smallest absolute Gasteiger partial charge is 0.412 e. The normalized spacial score (nSPS) is 16.7. The van der Waals surface area contributed by atoms with E-state index in [2.05, 4.69) is 30.1 Å². The predicted molar refractivity (Wildman–Crippen MR) is 153 cm³/mol. The maximum absolute atomic E-state index is 13.1. The summed E-state index contributed by atoms with van der Waals surface area (Å²) in [6.45, 7) is 8.26. The monoisotopic (exact) mass is 591 g/mol. The van der Waals surface area contributed by atoms with E-state index in [1.807, 2.05) is 6.07 Å². The summed E-state index contributed by atoms with van der Waals surface area (Å²) in [5.74, 6) is 0. The number of carbonyl (C=O) groups excluding carboxylic acids is 2. The van der Waals surface area contributed by atoms with Crippen LogP contribution in [0.2, 0.25) is 35.7 Å². The lowest BCUT2D eigenvalue weighted by Crippen LogP contribution is -2.52. The zero-order valence-corrected chi connectivity index (χ0v) is 24.8. The molecule has 12 heteroatoms. The fraction of sp³-hybridized carbons (Fsp3) is 0.444. The minimum Gasteiger partial charge on any atom is -0.530 e. The molecule has 9 nitrogen and oxygen atoms in total. The van der Waals surface area contributed by atoms with Crippen molar-refractivity contribution < 1.29 is 24.2 Å². The number of likely N-dealkylation sites (tertiary alicyclic amines) is 1. The van der Waals surface area contributed by atoms with Gasteiger partial charge in [0.15, 0.2) is 0 Å². The number of carboxylic acid groups (broad SMARTS) is 1. The highest BCUT2D eigenvalue weighted by atomic mass is 35.5. The summed E-state index contributed by atoms with van der Waals surface area (Å²) in [6, 6.07) is 10.7. The number of nitrogens with zero attached hydrogens (tertiary/aromatic N) is 3. The molecule has 2 amide bonds. The van der Waals surface area contributed by atoms with Crippen LogP contribution in [0.1, 0.15) is 30.9 Å². The first-order valence-electron chi connectivity index (χ1n) is 12.9. The fourth-order valence-electron chi connectivity index (χ4n) is 4.67. The number of anilines is 1. The van der Waals surface area contributed by atoms with Gasteiger partial charge in [0, 0.05) is 42.3 Å². The number of hydrogen-bond acceptors (Lipinski definition) is 6. The number of aromatic nitrogens is 2. The van der Waals surface area contributed by atoms with Crippen molar-refractivity contribution in [1.82, 2.24) is 14.7 Å². The highest BCUT2D eigenvalue weighted by Gasteiger charge is 2.34. The molecule has 0 saturated carbocycles. The van der Waals surface area contributed by atoms with E-state index in [1.165, 1.54) is 4.90 Å². The van der Waals surface area contributed by atoms with Crippen molar-refractivity contribution in [3.05, 3.63) is 58.2 Å². The summed E-state index contributed by atoms with van der Waals surface area (Å²) in [5.41, 5.74) is 1.89. The second kappa shape index (κ2) is 12.6. The van der Waals surface area contributed by atoms with Crippen LogP contribution in [0, 0.1) is 0 Å². The van der Waals surface area contributed by atoms with E-state index in [0.717, 1.165) is 23.4 Å². The molecular formula is C27H33Cl2N4O5Si-. The van der Waals surface area contributed by atoms with Gasteiger partial charge < -0.3 is 24.3 Å². The molecule has 1 saturated heterocycles. The van der Waals surface area contributed by atoms with Crippen molar-refractivity contribution in [1.29, 1.82) is 0 Å². The zero-order chi connectivity index (χ0) is 28.2. The molecular weight excluding hydrogens is 559 g/mol. The Labute approximate surface area is 239 Å². The van der Waals surface area contributed by atoms with E-state index < -0.39 is 32.4 Å². The van der Waals surface area contributed by atoms with E-state index in [-0.39, 0.29) is 0 Å². The van der Waals surface area contributed by atoms with Crippen molar-refractivity contribution in [2.75, 3.05) is 18.5 Å². The van der Waals surface area contributed by atoms with Crippen LogP contribution in [-0.4, -0.2) is 54.1 Å². The SMILES string of the molecule is C[Si](C)(C)CCOCn1ncc2cc(NC(=O)O[C@H](c3cc(Cl)cc(Cl)c3)[C@H]3CCCCN3C(=O)[O-])ccc21. The van der Waals surface area contributed by atoms with Crippen LogP contribution in [0.5, 0.6) is 0 Å². The lowest BCUT2D eigenvalue weighted by atomic mass is 9.93. The molecule has 4 rings (SSSR count). The minimum atomic E-state index is -1.31. The third kappa shape index (κ3) is 7.88. The quantitative estimate of drug-likeness (QED) is 0.236. The average Bonchev–Trinajstić information content (AvgIpc) is 3.26. The third-order valence-electron chi connectivity index (χ3n) is 6.68. The molecule has 0 unspecified atom stereocenters. The molecule has 1 aliphatic rings. The summed E-state index contributed by atoms with van der Waals surface area (Å²) in [5, 5.41) is 20.6. The first kappa shape index (κ1) is 29.2. The molecule has 1 fully saturated rings. The molecule has 2 aromatic carbocycles. The van der Waals surface area contributed by atoms with Gasteiger partial charge in [-0.2, -0.15) is 5.10 Å². The molecule has 0 spiro atoms. The summed E-state index contributed by atoms with van der Waals surface area (Å²) in [7, 11) is -1.17. The van der Waals surface area contributed by atoms with Gasteiger partial charge >= 0.3 is 6.09 Å². The average molecular weight is 593 g/mol. The van der Waals surface area contributed by atoms with Crippen LogP contribution >= 0.6 is 23.2 Å². The molecule has 2 heterocycles. The molecule has 210 valence electrons. The van der Waals surface area contributed by atoms with Crippen molar-refractivity contribution in [3.8, 4) is 0 Å². The van der Waals surface area contributed by atoms with Crippen molar-refractivity contribution >= 4 is 60.1 Å². The molecule has 0 radical (unpaired) electrons. The summed E-state index contributed by atoms with van der Waals surface area (Å²) < 4.78 is 13.4. The Morgan fingerprint density at radius 2 is 1.90 bits per heavy atom. The maximum atomic E-state index is 13.1. The molecule has 39 heavy (non-hydrogen) atoms. The van der Waals surface area contributed by atoms with Crippen molar-refractivity contribution in [3.63, 3.8) is 0 Å². The number of carbonyl (C=O) groups is 2. The molecule has 0 aliphatic carbocycles. The predicted octanol–water partition coefficient (Wildman–Crippen LogP) is 6.14. The van der Waals surface area contributed by atoms with E-state index in [4.69, 9.17) is 32.7 Å². The van der Waals surface area contributed by atoms with Crippen molar-refractivity contribution in [2.24, 2.45) is 0 Å². The van der Waals surface area contributed by atoms with Crippen LogP contribution in [0.3, 0.4) is 0 Å². The second-order valence-electron chi connectivity index (χ2n) is 10.9. The number of fused-ring (bicyclic) bond motifs is 1. The largest absolute Gasteiger partial charge is 0.530 e. The number of amides is 2. The van der Waals surface area contributed by atoms with Crippen LogP contribution in [0.4, 0.5) is 15.3 Å². The number of rotatable bonds is 9. The highest BCUT2D eigenvalue weighted by Crippen LogP contribution is 2.34. The van der Waals surface area contributed by atoms with Gasteiger partial charge in [0.25, 0.3) is 0 Å². The van der Waals surface area contributed by atoms with Gasteiger partial charge in [-0.05, 0) is 67.3 Å². The number of ether oxygens (including phenoxy) is 2. The van der Waals surface area contributed by atoms with Crippen LogP contribution in [0.15, 0.2) is 42.6 Å². The Hall–Kier alpha value is -2.79. The standard InChI is InChI=1S/C27H34Cl2N4O5Si/c1-39(2,3)11-10-37-17-33-23-8-7-22(14-19(23)16-30-33)31-26(34)38-25(18-12-20(28)15-21(29)13-18)24-6-4-5-9-32(24)27(35)36/h7-8,12-16,24-25H,4-6,9-11,17H2,1-3H3,(H,31,34)(H,35,36)/p-1/t24-,25-/m1/s1. The van der Waals surface area contributed by atoms with Gasteiger partial charge in [-0.25, -0.2) is 9.48 Å². The van der Waals surface area contributed by atoms with Gasteiger partial charge in [-0.15, -0.1) is 0 Å². The van der Waals surface area contributed by atoms with Gasteiger partial charge in [0.2, 0.25) is 0 Å². The Bertz CT molecular complexity index is 1310. The van der Waals surface area contributed by atoms with Crippen LogP contribution in [0.25, 0.3) is 10.9 Å². The number of hydrogen-bond donors (Lipinski definition) is 1. The Morgan fingerprint density at radius 3 is 2.59 bits per heavy atom. The molecule has 3 aromatic rings. The Kier molecular flexibility index (Phi) is 9.42. The summed E-state index contributed by atoms with van der Waals surface area (Å²) >= 11 is 12.4. The van der Waals surface area contributed by atoms with E-state index >= 15 is 0 Å². The summed E-state index contributed by atoms with van der Waals surface area (Å²) in [4.78, 5) is 26.1. The molecule has 1 aromatic heterocycles. The van der Waals surface area contributed by atoms with Crippen LogP contribution in [-0.2, 0) is 16.2 Å². The fourth-order valence-corrected chi connectivity index (χ4v) is 5.97. The van der Waals surface area contributed by atoms with Gasteiger partial charge in [-0.1, -0.05) is 42.8 Å². The first-order chi connectivity index (χ1) is 18.5. The Morgan fingerprint density at radius 1 is 1.15 bits per heavy atom. The van der Waals surface area contributed by atoms with Crippen molar-refractivity contribution in [2.45, 2.75) is 63.8 Å². The molecule has 0 bridgehead atoms. The lowest BCUT2D eigenvalue weighted by Gasteiger charge is -2.41. The second-order valence-corrected chi connectivity index (χ2v) is 17.4. The maximum Gasteiger partial charge on any atom is 0.412 e. The lowest BCUT2D eigenvalue weighted by molar-refractivity contribution is -0.271. The van der Waals surface area contributed by atoms with E-state index in [0.29, 0.717) is 54.0 Å². The van der Waals surface area contributed by atoms with Gasteiger partial charge in [-0.3, -0.25) is 5.32 Å². The number of piperidine rings is 1. The summed E-state index contributed by atoms with van der Waals surface area (Å²) in [6.07, 6.45) is 0.726. The molecule has 2 atom stereocenters. The van der Waals surface area contributed by atoms with Gasteiger partial charge in [0.1, 0.15) is 18.9 Å². The van der Waals surface area contributed by atoms with E-state index in [9.17, 15) is 14.7 Å². The van der Waals surface area contributed by atoms with Gasteiger partial charge in [0.05, 0.1) is 17.8 Å². The molecule has 1 aliphatic heterocycles. The zero-order valence-electron chi connectivity index (χ0n) is 22.3. The first-order valence-corrected chi connectivity index (χ1v) is 17.4. The van der Waals surface area contributed by atoms with E-state index in [1.54, 1.807) is 41.2 Å².